The molecule has 4 rings (SSSR count). The van der Waals surface area contributed by atoms with Crippen LogP contribution in [0.4, 0.5) is 17.2 Å². The van der Waals surface area contributed by atoms with Crippen molar-refractivity contribution < 1.29 is 0 Å². The van der Waals surface area contributed by atoms with Crippen LogP contribution in [0.2, 0.25) is 0 Å². The molecule has 1 aromatic carbocycles. The van der Waals surface area contributed by atoms with Crippen molar-refractivity contribution in [3.8, 4) is 0 Å². The van der Waals surface area contributed by atoms with Gasteiger partial charge in [0.15, 0.2) is 5.65 Å². The normalized spacial score (nSPS) is 20.4. The second-order valence-electron chi connectivity index (χ2n) is 7.13. The van der Waals surface area contributed by atoms with E-state index >= 15 is 0 Å². The highest BCUT2D eigenvalue weighted by Gasteiger charge is 2.24. The molecule has 3 aromatic rings. The Morgan fingerprint density at radius 2 is 1.88 bits per heavy atom. The quantitative estimate of drug-likeness (QED) is 0.668. The van der Waals surface area contributed by atoms with Crippen molar-refractivity contribution in [2.75, 3.05) is 11.1 Å². The SMILES string of the molecule is CCc1c(N)nn2cc(C3CCC(N)CC3)nc2c1Nc1ccccc1. The van der Waals surface area contributed by atoms with Crippen molar-refractivity contribution in [3.05, 3.63) is 47.8 Å². The zero-order valence-corrected chi connectivity index (χ0v) is 15.2. The highest BCUT2D eigenvalue weighted by atomic mass is 15.3. The van der Waals surface area contributed by atoms with Gasteiger partial charge >= 0.3 is 0 Å². The minimum atomic E-state index is 0.332. The Labute approximate surface area is 153 Å². The lowest BCUT2D eigenvalue weighted by Crippen LogP contribution is -2.25. The van der Waals surface area contributed by atoms with E-state index in [9.17, 15) is 0 Å². The van der Waals surface area contributed by atoms with Crippen molar-refractivity contribution in [1.29, 1.82) is 0 Å². The number of nitrogens with one attached hydrogen (secondary N) is 1. The van der Waals surface area contributed by atoms with E-state index in [2.05, 4.69) is 17.3 Å². The van der Waals surface area contributed by atoms with Crippen LogP contribution in [0.15, 0.2) is 36.5 Å². The van der Waals surface area contributed by atoms with Gasteiger partial charge in [0.05, 0.1) is 17.6 Å². The molecule has 136 valence electrons. The maximum absolute atomic E-state index is 6.24. The van der Waals surface area contributed by atoms with E-state index in [0.717, 1.165) is 60.4 Å². The summed E-state index contributed by atoms with van der Waals surface area (Å²) in [5.74, 6) is 1.00. The average molecular weight is 350 g/mol. The summed E-state index contributed by atoms with van der Waals surface area (Å²) in [6.07, 6.45) is 7.12. The van der Waals surface area contributed by atoms with Crippen LogP contribution in [0, 0.1) is 0 Å². The molecular weight excluding hydrogens is 324 g/mol. The fraction of sp³-hybridized carbons (Fsp3) is 0.400. The van der Waals surface area contributed by atoms with Crippen molar-refractivity contribution in [1.82, 2.24) is 14.6 Å². The smallest absolute Gasteiger partial charge is 0.178 e. The molecule has 2 heterocycles. The molecule has 1 aliphatic carbocycles. The van der Waals surface area contributed by atoms with E-state index in [-0.39, 0.29) is 0 Å². The molecule has 5 N–H and O–H groups in total. The van der Waals surface area contributed by atoms with Crippen molar-refractivity contribution >= 4 is 22.8 Å². The Kier molecular flexibility index (Phi) is 4.51. The lowest BCUT2D eigenvalue weighted by molar-refractivity contribution is 0.391. The Morgan fingerprint density at radius 1 is 1.15 bits per heavy atom. The molecule has 1 aliphatic rings. The number of nitrogens with two attached hydrogens (primary N) is 2. The first-order valence-corrected chi connectivity index (χ1v) is 9.41. The van der Waals surface area contributed by atoms with Gasteiger partial charge in [0.1, 0.15) is 5.82 Å². The summed E-state index contributed by atoms with van der Waals surface area (Å²) in [6.45, 7) is 2.09. The van der Waals surface area contributed by atoms with Crippen LogP contribution >= 0.6 is 0 Å². The van der Waals surface area contributed by atoms with E-state index in [1.54, 1.807) is 0 Å². The molecule has 0 spiro atoms. The first kappa shape index (κ1) is 16.8. The van der Waals surface area contributed by atoms with Gasteiger partial charge in [-0.2, -0.15) is 0 Å². The van der Waals surface area contributed by atoms with Crippen LogP contribution in [0.25, 0.3) is 5.65 Å². The molecule has 0 unspecified atom stereocenters. The number of imidazole rings is 1. The van der Waals surface area contributed by atoms with Crippen LogP contribution in [0.5, 0.6) is 0 Å². The average Bonchev–Trinajstić information content (AvgIpc) is 3.07. The molecule has 0 radical (unpaired) electrons. The van der Waals surface area contributed by atoms with Crippen LogP contribution in [-0.2, 0) is 6.42 Å². The summed E-state index contributed by atoms with van der Waals surface area (Å²) < 4.78 is 1.82. The van der Waals surface area contributed by atoms with Gasteiger partial charge in [-0.05, 0) is 44.2 Å². The molecule has 2 aromatic heterocycles. The molecular formula is C20H26N6. The number of benzene rings is 1. The molecule has 6 nitrogen and oxygen atoms in total. The van der Waals surface area contributed by atoms with Gasteiger partial charge in [0, 0.05) is 23.2 Å². The fourth-order valence-electron chi connectivity index (χ4n) is 3.84. The first-order chi connectivity index (χ1) is 12.7. The van der Waals surface area contributed by atoms with E-state index in [4.69, 9.17) is 16.5 Å². The van der Waals surface area contributed by atoms with Crippen molar-refractivity contribution in [2.24, 2.45) is 5.73 Å². The van der Waals surface area contributed by atoms with Crippen molar-refractivity contribution in [2.45, 2.75) is 51.0 Å². The predicted molar refractivity (Wildman–Crippen MR) is 106 cm³/mol. The Hall–Kier alpha value is -2.60. The molecule has 1 saturated carbocycles. The third kappa shape index (κ3) is 3.12. The summed E-state index contributed by atoms with van der Waals surface area (Å²) in [7, 11) is 0. The van der Waals surface area contributed by atoms with Crippen LogP contribution in [0.3, 0.4) is 0 Å². The molecule has 0 saturated heterocycles. The first-order valence-electron chi connectivity index (χ1n) is 9.41. The Balaban J connectivity index is 1.77. The van der Waals surface area contributed by atoms with Crippen LogP contribution < -0.4 is 16.8 Å². The van der Waals surface area contributed by atoms with E-state index in [0.29, 0.717) is 17.8 Å². The lowest BCUT2D eigenvalue weighted by Gasteiger charge is -2.24. The summed E-state index contributed by atoms with van der Waals surface area (Å²) in [4.78, 5) is 4.95. The zero-order valence-electron chi connectivity index (χ0n) is 15.2. The fourth-order valence-corrected chi connectivity index (χ4v) is 3.84. The van der Waals surface area contributed by atoms with Gasteiger partial charge in [-0.15, -0.1) is 5.10 Å². The standard InChI is InChI=1S/C20H26N6/c1-2-16-18(23-15-6-4-3-5-7-15)20-24-17(12-26(20)25-19(16)22)13-8-10-14(21)11-9-13/h3-7,12-14,23H,2,8-11,21H2,1H3,(H2,22,25). The second-order valence-corrected chi connectivity index (χ2v) is 7.13. The monoisotopic (exact) mass is 350 g/mol. The van der Waals surface area contributed by atoms with Gasteiger partial charge in [-0.25, -0.2) is 9.50 Å². The third-order valence-corrected chi connectivity index (χ3v) is 5.34. The number of para-hydroxylation sites is 1. The van der Waals surface area contributed by atoms with Crippen molar-refractivity contribution in [3.63, 3.8) is 0 Å². The molecule has 6 heteroatoms. The van der Waals surface area contributed by atoms with E-state index in [1.165, 1.54) is 0 Å². The minimum Gasteiger partial charge on any atom is -0.382 e. The van der Waals surface area contributed by atoms with Gasteiger partial charge < -0.3 is 16.8 Å². The molecule has 0 bridgehead atoms. The van der Waals surface area contributed by atoms with E-state index < -0.39 is 0 Å². The predicted octanol–water partition coefficient (Wildman–Crippen LogP) is 3.60. The van der Waals surface area contributed by atoms with Crippen LogP contribution in [-0.4, -0.2) is 20.6 Å². The minimum absolute atomic E-state index is 0.332. The maximum atomic E-state index is 6.24. The van der Waals surface area contributed by atoms with Crippen LogP contribution in [0.1, 0.15) is 49.8 Å². The van der Waals surface area contributed by atoms with Gasteiger partial charge in [0.25, 0.3) is 0 Å². The number of fused-ring (bicyclic) bond motifs is 1. The van der Waals surface area contributed by atoms with Gasteiger partial charge in [0.2, 0.25) is 0 Å². The number of nitrogen functional groups attached to an aromatic ring is 1. The lowest BCUT2D eigenvalue weighted by atomic mass is 9.85. The summed E-state index contributed by atoms with van der Waals surface area (Å²) >= 11 is 0. The topological polar surface area (TPSA) is 94.3 Å². The second kappa shape index (κ2) is 6.96. The summed E-state index contributed by atoms with van der Waals surface area (Å²) in [6, 6.07) is 10.4. The number of hydrogen-bond acceptors (Lipinski definition) is 5. The molecule has 0 amide bonds. The number of hydrogen-bond donors (Lipinski definition) is 3. The molecule has 26 heavy (non-hydrogen) atoms. The van der Waals surface area contributed by atoms with Gasteiger partial charge in [-0.3, -0.25) is 0 Å². The highest BCUT2D eigenvalue weighted by molar-refractivity contribution is 5.80. The number of rotatable bonds is 4. The van der Waals surface area contributed by atoms with Gasteiger partial charge in [-0.1, -0.05) is 25.1 Å². The Bertz CT molecular complexity index is 894. The zero-order chi connectivity index (χ0) is 18.1. The largest absolute Gasteiger partial charge is 0.382 e. The number of anilines is 3. The maximum Gasteiger partial charge on any atom is 0.178 e. The van der Waals surface area contributed by atoms with E-state index in [1.807, 2.05) is 41.0 Å². The summed E-state index contributed by atoms with van der Waals surface area (Å²) in [5.41, 5.74) is 17.2. The highest BCUT2D eigenvalue weighted by Crippen LogP contribution is 2.34. The molecule has 0 aliphatic heterocycles. The number of aromatic nitrogens is 3. The third-order valence-electron chi connectivity index (χ3n) is 5.34. The molecule has 1 fully saturated rings. The number of nitrogens with zero attached hydrogens (tertiary/aromatic N) is 3. The summed E-state index contributed by atoms with van der Waals surface area (Å²) in [5, 5.41) is 8.05. The Morgan fingerprint density at radius 3 is 2.58 bits per heavy atom. The molecule has 0 atom stereocenters.